The van der Waals surface area contributed by atoms with Gasteiger partial charge in [0.25, 0.3) is 0 Å². The average molecular weight is 292 g/mol. The lowest BCUT2D eigenvalue weighted by Gasteiger charge is -2.12. The van der Waals surface area contributed by atoms with Crippen LogP contribution in [0.5, 0.6) is 11.5 Å². The van der Waals surface area contributed by atoms with Gasteiger partial charge in [0.15, 0.2) is 23.1 Å². The van der Waals surface area contributed by atoms with E-state index in [1.54, 1.807) is 0 Å². The Morgan fingerprint density at radius 3 is 2.56 bits per heavy atom. The fourth-order valence-corrected chi connectivity index (χ4v) is 1.81. The number of nitrogens with two attached hydrogens (primary N) is 1. The predicted molar refractivity (Wildman–Crippen MR) is 60.6 cm³/mol. The maximum absolute atomic E-state index is 13.7. The largest absolute Gasteiger partial charge is 0.493 e. The highest BCUT2D eigenvalue weighted by Gasteiger charge is 2.21. The van der Waals surface area contributed by atoms with Crippen LogP contribution in [0.4, 0.5) is 4.39 Å². The second-order valence-corrected chi connectivity index (χ2v) is 3.71. The minimum Gasteiger partial charge on any atom is -0.493 e. The van der Waals surface area contributed by atoms with Gasteiger partial charge >= 0.3 is 0 Å². The number of benzene rings is 1. The molecule has 0 aromatic heterocycles. The van der Waals surface area contributed by atoms with Crippen LogP contribution in [0.15, 0.2) is 10.5 Å². The molecule has 6 heteroatoms. The van der Waals surface area contributed by atoms with Gasteiger partial charge in [-0.3, -0.25) is 4.79 Å². The van der Waals surface area contributed by atoms with E-state index < -0.39 is 11.6 Å². The lowest BCUT2D eigenvalue weighted by molar-refractivity contribution is 0.0997. The molecule has 4 nitrogen and oxygen atoms in total. The number of ketones is 1. The molecule has 16 heavy (non-hydrogen) atoms. The second-order valence-electron chi connectivity index (χ2n) is 2.91. The van der Waals surface area contributed by atoms with Gasteiger partial charge in [-0.1, -0.05) is 0 Å². The standard InChI is InChI=1S/C10H11BrFNO3/c1-15-7-3-5(6(14)4-13)9(12)8(11)10(7)16-2/h3H,4,13H2,1-2H3. The Bertz CT molecular complexity index is 423. The zero-order chi connectivity index (χ0) is 12.3. The van der Waals surface area contributed by atoms with Crippen molar-refractivity contribution in [2.24, 2.45) is 5.73 Å². The van der Waals surface area contributed by atoms with Crippen LogP contribution in [0, 0.1) is 5.82 Å². The third-order valence-corrected chi connectivity index (χ3v) is 2.75. The first kappa shape index (κ1) is 12.9. The smallest absolute Gasteiger partial charge is 0.179 e. The maximum Gasteiger partial charge on any atom is 0.179 e. The van der Waals surface area contributed by atoms with Gasteiger partial charge in [0.2, 0.25) is 0 Å². The van der Waals surface area contributed by atoms with Crippen LogP contribution in [0.1, 0.15) is 10.4 Å². The molecule has 0 radical (unpaired) electrons. The Morgan fingerprint density at radius 1 is 1.50 bits per heavy atom. The molecule has 0 unspecified atom stereocenters. The Balaban J connectivity index is 3.44. The van der Waals surface area contributed by atoms with Gasteiger partial charge in [0.1, 0.15) is 0 Å². The number of methoxy groups -OCH3 is 2. The molecule has 0 aliphatic heterocycles. The summed E-state index contributed by atoms with van der Waals surface area (Å²) in [7, 11) is 2.78. The van der Waals surface area contributed by atoms with Crippen molar-refractivity contribution in [1.29, 1.82) is 0 Å². The first-order chi connectivity index (χ1) is 7.56. The second kappa shape index (κ2) is 5.27. The summed E-state index contributed by atoms with van der Waals surface area (Å²) in [5, 5.41) is 0. The van der Waals surface area contributed by atoms with E-state index in [0.29, 0.717) is 0 Å². The number of halogens is 2. The van der Waals surface area contributed by atoms with Crippen LogP contribution in [-0.4, -0.2) is 26.5 Å². The van der Waals surface area contributed by atoms with Gasteiger partial charge in [0.05, 0.1) is 30.8 Å². The summed E-state index contributed by atoms with van der Waals surface area (Å²) in [6.07, 6.45) is 0. The fraction of sp³-hybridized carbons (Fsp3) is 0.300. The molecule has 0 saturated carbocycles. The van der Waals surface area contributed by atoms with E-state index in [-0.39, 0.29) is 28.1 Å². The monoisotopic (exact) mass is 291 g/mol. The molecule has 0 saturated heterocycles. The number of rotatable bonds is 4. The minimum absolute atomic E-state index is 0.0474. The normalized spacial score (nSPS) is 10.1. The molecule has 0 spiro atoms. The summed E-state index contributed by atoms with van der Waals surface area (Å²) in [4.78, 5) is 11.4. The quantitative estimate of drug-likeness (QED) is 0.859. The van der Waals surface area contributed by atoms with E-state index in [1.165, 1.54) is 20.3 Å². The molecule has 88 valence electrons. The summed E-state index contributed by atoms with van der Waals surface area (Å²) in [6, 6.07) is 1.27. The molecule has 0 fully saturated rings. The summed E-state index contributed by atoms with van der Waals surface area (Å²) < 4.78 is 23.7. The molecule has 0 heterocycles. The Hall–Kier alpha value is -1.14. The van der Waals surface area contributed by atoms with Gasteiger partial charge in [-0.15, -0.1) is 0 Å². The van der Waals surface area contributed by atoms with Gasteiger partial charge in [-0.2, -0.15) is 0 Å². The number of hydrogen-bond donors (Lipinski definition) is 1. The molecule has 0 bridgehead atoms. The van der Waals surface area contributed by atoms with Crippen molar-refractivity contribution in [3.05, 3.63) is 21.9 Å². The summed E-state index contributed by atoms with van der Waals surface area (Å²) in [5.74, 6) is -0.728. The van der Waals surface area contributed by atoms with Crippen molar-refractivity contribution in [1.82, 2.24) is 0 Å². The molecule has 0 amide bonds. The molecule has 1 rings (SSSR count). The highest BCUT2D eigenvalue weighted by atomic mass is 79.9. The summed E-state index contributed by atoms with van der Waals surface area (Å²) >= 11 is 3.01. The van der Waals surface area contributed by atoms with Gasteiger partial charge in [-0.05, 0) is 22.0 Å². The van der Waals surface area contributed by atoms with Crippen molar-refractivity contribution >= 4 is 21.7 Å². The first-order valence-corrected chi connectivity index (χ1v) is 5.19. The summed E-state index contributed by atoms with van der Waals surface area (Å²) in [5.41, 5.74) is 5.06. The SMILES string of the molecule is COc1cc(C(=O)CN)c(F)c(Br)c1OC. The number of carbonyl (C=O) groups excluding carboxylic acids is 1. The molecule has 1 aromatic rings. The Morgan fingerprint density at radius 2 is 2.12 bits per heavy atom. The van der Waals surface area contributed by atoms with Crippen LogP contribution < -0.4 is 15.2 Å². The molecular weight excluding hydrogens is 281 g/mol. The molecule has 0 aliphatic rings. The van der Waals surface area contributed by atoms with Crippen molar-refractivity contribution in [2.75, 3.05) is 20.8 Å². The van der Waals surface area contributed by atoms with Crippen LogP contribution in [0.2, 0.25) is 0 Å². The molecule has 0 aliphatic carbocycles. The molecule has 0 atom stereocenters. The van der Waals surface area contributed by atoms with E-state index in [2.05, 4.69) is 15.9 Å². The van der Waals surface area contributed by atoms with Crippen molar-refractivity contribution < 1.29 is 18.7 Å². The van der Waals surface area contributed by atoms with Gasteiger partial charge in [-0.25, -0.2) is 4.39 Å². The van der Waals surface area contributed by atoms with Gasteiger partial charge < -0.3 is 15.2 Å². The van der Waals surface area contributed by atoms with Crippen molar-refractivity contribution in [3.63, 3.8) is 0 Å². The van der Waals surface area contributed by atoms with E-state index in [9.17, 15) is 9.18 Å². The average Bonchev–Trinajstić information content (AvgIpc) is 2.31. The predicted octanol–water partition coefficient (Wildman–Crippen LogP) is 1.75. The lowest BCUT2D eigenvalue weighted by Crippen LogP contribution is -2.15. The topological polar surface area (TPSA) is 61.5 Å². The number of Topliss-reactive ketones (excluding diaryl/α,β-unsaturated/α-hetero) is 1. The van der Waals surface area contributed by atoms with E-state index >= 15 is 0 Å². The van der Waals surface area contributed by atoms with Crippen LogP contribution in [-0.2, 0) is 0 Å². The zero-order valence-electron chi connectivity index (χ0n) is 8.84. The van der Waals surface area contributed by atoms with E-state index in [0.717, 1.165) is 0 Å². The highest BCUT2D eigenvalue weighted by Crippen LogP contribution is 2.38. The van der Waals surface area contributed by atoms with Crippen molar-refractivity contribution in [2.45, 2.75) is 0 Å². The first-order valence-electron chi connectivity index (χ1n) is 4.40. The van der Waals surface area contributed by atoms with Crippen LogP contribution in [0.25, 0.3) is 0 Å². The van der Waals surface area contributed by atoms with Crippen molar-refractivity contribution in [3.8, 4) is 11.5 Å². The van der Waals surface area contributed by atoms with E-state index in [4.69, 9.17) is 15.2 Å². The number of ether oxygens (including phenoxy) is 2. The number of hydrogen-bond acceptors (Lipinski definition) is 4. The number of carbonyl (C=O) groups is 1. The maximum atomic E-state index is 13.7. The van der Waals surface area contributed by atoms with Crippen LogP contribution in [0.3, 0.4) is 0 Å². The molecule has 2 N–H and O–H groups in total. The Kier molecular flexibility index (Phi) is 4.26. The highest BCUT2D eigenvalue weighted by molar-refractivity contribution is 9.10. The fourth-order valence-electron chi connectivity index (χ4n) is 1.24. The summed E-state index contributed by atoms with van der Waals surface area (Å²) in [6.45, 7) is -0.265. The van der Waals surface area contributed by atoms with Gasteiger partial charge in [0, 0.05) is 0 Å². The molecular formula is C10H11BrFNO3. The van der Waals surface area contributed by atoms with E-state index in [1.807, 2.05) is 0 Å². The Labute approximate surface area is 101 Å². The zero-order valence-corrected chi connectivity index (χ0v) is 10.4. The molecule has 1 aromatic carbocycles. The third-order valence-electron chi connectivity index (χ3n) is 2.04. The minimum atomic E-state index is -0.701. The third kappa shape index (κ3) is 2.17. The van der Waals surface area contributed by atoms with Crippen LogP contribution >= 0.6 is 15.9 Å². The lowest BCUT2D eigenvalue weighted by atomic mass is 10.1.